The first-order valence-corrected chi connectivity index (χ1v) is 9.17. The lowest BCUT2D eigenvalue weighted by Gasteiger charge is -1.99. The van der Waals surface area contributed by atoms with Crippen LogP contribution in [0.25, 0.3) is 0 Å². The van der Waals surface area contributed by atoms with Crippen molar-refractivity contribution in [2.75, 3.05) is 0 Å². The molecule has 1 heterocycles. The highest BCUT2D eigenvalue weighted by molar-refractivity contribution is 5.66. The maximum absolute atomic E-state index is 10.4. The standard InChI is InChI=1S/C20H32O4/c1-2-3-4-5-9-12-15-18-20(24-18)17(21)14-11-8-6-7-10-13-16-19(22)23/h6-7,9,11-12,14,17-18,20-21H,2-5,8,10,13,15-16H2,1H3,(H,22,23)/b7-6+,12-9+,14-11+/t17?,18-,20+/m0/s1. The van der Waals surface area contributed by atoms with E-state index in [1.54, 1.807) is 6.08 Å². The molecular formula is C20H32O4. The summed E-state index contributed by atoms with van der Waals surface area (Å²) in [5.74, 6) is -0.749. The van der Waals surface area contributed by atoms with Gasteiger partial charge in [-0.2, -0.15) is 0 Å². The van der Waals surface area contributed by atoms with Crippen molar-refractivity contribution in [1.29, 1.82) is 0 Å². The monoisotopic (exact) mass is 336 g/mol. The Morgan fingerprint density at radius 1 is 1.08 bits per heavy atom. The summed E-state index contributed by atoms with van der Waals surface area (Å²) >= 11 is 0. The van der Waals surface area contributed by atoms with Gasteiger partial charge >= 0.3 is 5.97 Å². The van der Waals surface area contributed by atoms with Gasteiger partial charge < -0.3 is 14.9 Å². The minimum Gasteiger partial charge on any atom is -0.481 e. The summed E-state index contributed by atoms with van der Waals surface area (Å²) in [7, 11) is 0. The molecule has 3 atom stereocenters. The fourth-order valence-electron chi connectivity index (χ4n) is 2.50. The Balaban J connectivity index is 2.04. The van der Waals surface area contributed by atoms with Crippen molar-refractivity contribution in [3.63, 3.8) is 0 Å². The lowest BCUT2D eigenvalue weighted by Crippen LogP contribution is -2.13. The van der Waals surface area contributed by atoms with E-state index in [2.05, 4.69) is 19.1 Å². The van der Waals surface area contributed by atoms with Gasteiger partial charge in [-0.25, -0.2) is 0 Å². The highest BCUT2D eigenvalue weighted by Gasteiger charge is 2.42. The van der Waals surface area contributed by atoms with Gasteiger partial charge in [-0.05, 0) is 38.5 Å². The van der Waals surface area contributed by atoms with E-state index in [1.807, 2.05) is 18.2 Å². The molecule has 4 heteroatoms. The molecule has 0 aromatic carbocycles. The number of aliphatic carboxylic acids is 1. The van der Waals surface area contributed by atoms with Crippen molar-refractivity contribution < 1.29 is 19.7 Å². The predicted octanol–water partition coefficient (Wildman–Crippen LogP) is 4.40. The second kappa shape index (κ2) is 13.0. The molecule has 0 spiro atoms. The number of aliphatic hydroxyl groups excluding tert-OH is 1. The summed E-state index contributed by atoms with van der Waals surface area (Å²) < 4.78 is 5.51. The maximum atomic E-state index is 10.4. The summed E-state index contributed by atoms with van der Waals surface area (Å²) in [5, 5.41) is 18.5. The number of unbranched alkanes of at least 4 members (excludes halogenated alkanes) is 4. The molecule has 0 radical (unpaired) electrons. The van der Waals surface area contributed by atoms with Crippen molar-refractivity contribution in [3.8, 4) is 0 Å². The quantitative estimate of drug-likeness (QED) is 0.280. The van der Waals surface area contributed by atoms with Crippen LogP contribution in [0.3, 0.4) is 0 Å². The topological polar surface area (TPSA) is 70.1 Å². The third-order valence-corrected chi connectivity index (χ3v) is 4.00. The molecule has 0 aromatic rings. The fraction of sp³-hybridized carbons (Fsp3) is 0.650. The van der Waals surface area contributed by atoms with Crippen molar-refractivity contribution >= 4 is 5.97 Å². The fourth-order valence-corrected chi connectivity index (χ4v) is 2.50. The number of allylic oxidation sites excluding steroid dienone is 4. The minimum atomic E-state index is -0.749. The van der Waals surface area contributed by atoms with Crippen LogP contribution >= 0.6 is 0 Å². The Morgan fingerprint density at radius 2 is 1.83 bits per heavy atom. The number of carboxylic acids is 1. The number of carbonyl (C=O) groups is 1. The Morgan fingerprint density at radius 3 is 2.58 bits per heavy atom. The number of epoxide rings is 1. The molecule has 1 unspecified atom stereocenters. The molecule has 0 amide bonds. The molecule has 0 aliphatic carbocycles. The van der Waals surface area contributed by atoms with Gasteiger partial charge in [-0.1, -0.05) is 56.2 Å². The van der Waals surface area contributed by atoms with E-state index < -0.39 is 12.1 Å². The van der Waals surface area contributed by atoms with Crippen LogP contribution in [0.2, 0.25) is 0 Å². The van der Waals surface area contributed by atoms with Crippen molar-refractivity contribution in [3.05, 3.63) is 36.5 Å². The Kier molecular flexibility index (Phi) is 11.2. The molecule has 24 heavy (non-hydrogen) atoms. The molecule has 1 aliphatic heterocycles. The summed E-state index contributed by atoms with van der Waals surface area (Å²) in [6.45, 7) is 2.20. The van der Waals surface area contributed by atoms with Gasteiger partial charge in [0.15, 0.2) is 0 Å². The molecule has 0 aromatic heterocycles. The van der Waals surface area contributed by atoms with E-state index in [1.165, 1.54) is 19.3 Å². The average molecular weight is 336 g/mol. The Bertz CT molecular complexity index is 425. The zero-order valence-electron chi connectivity index (χ0n) is 14.8. The molecule has 0 bridgehead atoms. The normalized spacial score (nSPS) is 21.9. The first-order chi connectivity index (χ1) is 11.6. The van der Waals surface area contributed by atoms with Crippen LogP contribution in [0.15, 0.2) is 36.5 Å². The lowest BCUT2D eigenvalue weighted by molar-refractivity contribution is -0.137. The third kappa shape index (κ3) is 10.4. The molecule has 1 aliphatic rings. The van der Waals surface area contributed by atoms with E-state index in [4.69, 9.17) is 9.84 Å². The number of hydrogen-bond donors (Lipinski definition) is 2. The lowest BCUT2D eigenvalue weighted by atomic mass is 10.1. The highest BCUT2D eigenvalue weighted by atomic mass is 16.6. The molecule has 4 nitrogen and oxygen atoms in total. The number of rotatable bonds is 14. The third-order valence-electron chi connectivity index (χ3n) is 4.00. The Labute approximate surface area is 145 Å². The van der Waals surface area contributed by atoms with E-state index >= 15 is 0 Å². The van der Waals surface area contributed by atoms with Crippen LogP contribution in [0, 0.1) is 0 Å². The molecule has 1 rings (SSSR count). The van der Waals surface area contributed by atoms with Crippen LogP contribution in [-0.4, -0.2) is 34.5 Å². The zero-order valence-corrected chi connectivity index (χ0v) is 14.8. The predicted molar refractivity (Wildman–Crippen MR) is 97.0 cm³/mol. The molecule has 2 N–H and O–H groups in total. The maximum Gasteiger partial charge on any atom is 0.303 e. The number of ether oxygens (including phenoxy) is 1. The second-order valence-electron chi connectivity index (χ2n) is 6.25. The van der Waals surface area contributed by atoms with E-state index in [0.717, 1.165) is 25.7 Å². The highest BCUT2D eigenvalue weighted by Crippen LogP contribution is 2.29. The average Bonchev–Trinajstić information content (AvgIpc) is 3.32. The first-order valence-electron chi connectivity index (χ1n) is 9.17. The van der Waals surface area contributed by atoms with Gasteiger partial charge in [0.25, 0.3) is 0 Å². The summed E-state index contributed by atoms with van der Waals surface area (Å²) in [4.78, 5) is 10.4. The molecule has 0 saturated carbocycles. The van der Waals surface area contributed by atoms with E-state index in [9.17, 15) is 9.90 Å². The smallest absolute Gasteiger partial charge is 0.303 e. The summed E-state index contributed by atoms with van der Waals surface area (Å²) in [6.07, 6.45) is 19.8. The van der Waals surface area contributed by atoms with Crippen LogP contribution in [0.1, 0.15) is 64.7 Å². The molecular weight excluding hydrogens is 304 g/mol. The molecule has 1 fully saturated rings. The van der Waals surface area contributed by atoms with Crippen molar-refractivity contribution in [1.82, 2.24) is 0 Å². The molecule has 136 valence electrons. The van der Waals surface area contributed by atoms with Gasteiger partial charge in [-0.3, -0.25) is 4.79 Å². The van der Waals surface area contributed by atoms with Crippen LogP contribution in [-0.2, 0) is 9.53 Å². The Hall–Kier alpha value is -1.39. The van der Waals surface area contributed by atoms with Gasteiger partial charge in [-0.15, -0.1) is 0 Å². The van der Waals surface area contributed by atoms with Gasteiger partial charge in [0.05, 0.1) is 6.10 Å². The van der Waals surface area contributed by atoms with Gasteiger partial charge in [0.2, 0.25) is 0 Å². The van der Waals surface area contributed by atoms with E-state index in [-0.39, 0.29) is 18.6 Å². The van der Waals surface area contributed by atoms with Crippen molar-refractivity contribution in [2.24, 2.45) is 0 Å². The first kappa shape index (κ1) is 20.7. The van der Waals surface area contributed by atoms with Crippen LogP contribution in [0.5, 0.6) is 0 Å². The largest absolute Gasteiger partial charge is 0.481 e. The van der Waals surface area contributed by atoms with Crippen molar-refractivity contribution in [2.45, 2.75) is 83.0 Å². The van der Waals surface area contributed by atoms with Gasteiger partial charge in [0, 0.05) is 6.42 Å². The minimum absolute atomic E-state index is 0.0684. The number of hydrogen-bond acceptors (Lipinski definition) is 3. The summed E-state index contributed by atoms with van der Waals surface area (Å²) in [6, 6.07) is 0. The SMILES string of the molecule is CCCCC/C=C/C[C@@H]1O[C@@H]1C(O)/C=C/C/C=C/CCCC(=O)O. The molecule has 1 saturated heterocycles. The van der Waals surface area contributed by atoms with Crippen LogP contribution in [0.4, 0.5) is 0 Å². The number of aliphatic hydroxyl groups is 1. The summed E-state index contributed by atoms with van der Waals surface area (Å²) in [5.41, 5.74) is 0. The van der Waals surface area contributed by atoms with E-state index in [0.29, 0.717) is 6.42 Å². The second-order valence-corrected chi connectivity index (χ2v) is 6.25. The zero-order chi connectivity index (χ0) is 17.6. The van der Waals surface area contributed by atoms with Gasteiger partial charge in [0.1, 0.15) is 12.2 Å². The van der Waals surface area contributed by atoms with Crippen LogP contribution < -0.4 is 0 Å². The number of carboxylic acid groups (broad SMARTS) is 1.